The second-order valence-corrected chi connectivity index (χ2v) is 6.16. The SMILES string of the molecule is CCC1(C(=O)NC2CCCCCC2C)CCCN1. The van der Waals surface area contributed by atoms with Gasteiger partial charge in [0.25, 0.3) is 0 Å². The molecule has 0 radical (unpaired) electrons. The highest BCUT2D eigenvalue weighted by atomic mass is 16.2. The van der Waals surface area contributed by atoms with Crippen LogP contribution in [0.25, 0.3) is 0 Å². The van der Waals surface area contributed by atoms with E-state index < -0.39 is 0 Å². The average molecular weight is 252 g/mol. The maximum atomic E-state index is 12.6. The smallest absolute Gasteiger partial charge is 0.240 e. The molecule has 18 heavy (non-hydrogen) atoms. The Balaban J connectivity index is 1.96. The van der Waals surface area contributed by atoms with Crippen molar-refractivity contribution in [2.24, 2.45) is 5.92 Å². The van der Waals surface area contributed by atoms with Gasteiger partial charge in [-0.2, -0.15) is 0 Å². The third kappa shape index (κ3) is 2.87. The van der Waals surface area contributed by atoms with Gasteiger partial charge in [-0.15, -0.1) is 0 Å². The minimum Gasteiger partial charge on any atom is -0.351 e. The molecular formula is C15H28N2O. The molecule has 0 bridgehead atoms. The number of hydrogen-bond donors (Lipinski definition) is 2. The van der Waals surface area contributed by atoms with E-state index in [1.54, 1.807) is 0 Å². The Morgan fingerprint density at radius 1 is 1.28 bits per heavy atom. The fraction of sp³-hybridized carbons (Fsp3) is 0.933. The number of nitrogens with one attached hydrogen (secondary N) is 2. The van der Waals surface area contributed by atoms with E-state index in [4.69, 9.17) is 0 Å². The summed E-state index contributed by atoms with van der Waals surface area (Å²) in [6.45, 7) is 5.40. The standard InChI is InChI=1S/C15H28N2O/c1-3-15(10-7-11-16-15)14(18)17-13-9-6-4-5-8-12(13)2/h12-13,16H,3-11H2,1-2H3,(H,17,18). The summed E-state index contributed by atoms with van der Waals surface area (Å²) in [7, 11) is 0. The maximum Gasteiger partial charge on any atom is 0.240 e. The summed E-state index contributed by atoms with van der Waals surface area (Å²) in [5, 5.41) is 6.77. The summed E-state index contributed by atoms with van der Waals surface area (Å²) in [5.41, 5.74) is -0.272. The summed E-state index contributed by atoms with van der Waals surface area (Å²) in [6, 6.07) is 0.394. The van der Waals surface area contributed by atoms with Crippen molar-refractivity contribution in [3.63, 3.8) is 0 Å². The highest BCUT2D eigenvalue weighted by molar-refractivity contribution is 5.86. The highest BCUT2D eigenvalue weighted by Gasteiger charge is 2.40. The van der Waals surface area contributed by atoms with Crippen LogP contribution in [0.4, 0.5) is 0 Å². The third-order valence-corrected chi connectivity index (χ3v) is 4.96. The Morgan fingerprint density at radius 2 is 2.06 bits per heavy atom. The first-order chi connectivity index (χ1) is 8.68. The van der Waals surface area contributed by atoms with Gasteiger partial charge in [-0.25, -0.2) is 0 Å². The number of rotatable bonds is 3. The van der Waals surface area contributed by atoms with Crippen molar-refractivity contribution in [1.29, 1.82) is 0 Å². The van der Waals surface area contributed by atoms with E-state index in [1.807, 2.05) is 0 Å². The molecule has 3 nitrogen and oxygen atoms in total. The maximum absolute atomic E-state index is 12.6. The molecule has 1 aliphatic heterocycles. The predicted octanol–water partition coefficient (Wildman–Crippen LogP) is 2.60. The molecule has 3 atom stereocenters. The summed E-state index contributed by atoms with van der Waals surface area (Å²) in [5.74, 6) is 0.882. The summed E-state index contributed by atoms with van der Waals surface area (Å²) >= 11 is 0. The van der Waals surface area contributed by atoms with Crippen molar-refractivity contribution in [3.8, 4) is 0 Å². The topological polar surface area (TPSA) is 41.1 Å². The van der Waals surface area contributed by atoms with Crippen LogP contribution in [0, 0.1) is 5.92 Å². The fourth-order valence-electron chi connectivity index (χ4n) is 3.48. The Bertz CT molecular complexity index is 284. The molecule has 2 rings (SSSR count). The van der Waals surface area contributed by atoms with Crippen LogP contribution in [0.1, 0.15) is 65.2 Å². The van der Waals surface area contributed by atoms with E-state index in [1.165, 1.54) is 25.7 Å². The number of hydrogen-bond acceptors (Lipinski definition) is 2. The molecule has 0 aromatic carbocycles. The zero-order chi connectivity index (χ0) is 13.0. The number of amides is 1. The molecule has 1 saturated carbocycles. The van der Waals surface area contributed by atoms with Crippen LogP contribution >= 0.6 is 0 Å². The Morgan fingerprint density at radius 3 is 2.72 bits per heavy atom. The van der Waals surface area contributed by atoms with Crippen LogP contribution < -0.4 is 10.6 Å². The van der Waals surface area contributed by atoms with Crippen molar-refractivity contribution in [2.75, 3.05) is 6.54 Å². The minimum absolute atomic E-state index is 0.251. The first-order valence-corrected chi connectivity index (χ1v) is 7.74. The van der Waals surface area contributed by atoms with Crippen molar-refractivity contribution in [1.82, 2.24) is 10.6 Å². The molecule has 3 heteroatoms. The Kier molecular flexibility index (Phi) is 4.66. The quantitative estimate of drug-likeness (QED) is 0.758. The van der Waals surface area contributed by atoms with Crippen molar-refractivity contribution >= 4 is 5.91 Å². The summed E-state index contributed by atoms with van der Waals surface area (Å²) < 4.78 is 0. The second-order valence-electron chi connectivity index (χ2n) is 6.16. The molecule has 1 amide bonds. The van der Waals surface area contributed by atoms with Crippen LogP contribution in [-0.2, 0) is 4.79 Å². The van der Waals surface area contributed by atoms with Crippen molar-refractivity contribution < 1.29 is 4.79 Å². The van der Waals surface area contributed by atoms with E-state index in [2.05, 4.69) is 24.5 Å². The molecule has 2 aliphatic rings. The Labute approximate surface area is 111 Å². The third-order valence-electron chi connectivity index (χ3n) is 4.96. The average Bonchev–Trinajstić information content (AvgIpc) is 2.78. The van der Waals surface area contributed by atoms with Gasteiger partial charge in [-0.3, -0.25) is 4.79 Å². The van der Waals surface area contributed by atoms with Gasteiger partial charge < -0.3 is 10.6 Å². The van der Waals surface area contributed by atoms with E-state index in [9.17, 15) is 4.79 Å². The first-order valence-electron chi connectivity index (χ1n) is 7.74. The molecule has 0 spiro atoms. The van der Waals surface area contributed by atoms with Crippen molar-refractivity contribution in [3.05, 3.63) is 0 Å². The molecule has 1 aliphatic carbocycles. The van der Waals surface area contributed by atoms with Gasteiger partial charge in [0.05, 0.1) is 5.54 Å². The molecule has 2 N–H and O–H groups in total. The van der Waals surface area contributed by atoms with Gasteiger partial charge in [-0.05, 0) is 44.6 Å². The van der Waals surface area contributed by atoms with Crippen molar-refractivity contribution in [2.45, 2.75) is 76.8 Å². The fourth-order valence-corrected chi connectivity index (χ4v) is 3.48. The van der Waals surface area contributed by atoms with Crippen LogP contribution in [0.2, 0.25) is 0 Å². The summed E-state index contributed by atoms with van der Waals surface area (Å²) in [6.07, 6.45) is 9.36. The lowest BCUT2D eigenvalue weighted by Crippen LogP contribution is -2.56. The van der Waals surface area contributed by atoms with Gasteiger partial charge in [0, 0.05) is 6.04 Å². The minimum atomic E-state index is -0.272. The van der Waals surface area contributed by atoms with Crippen LogP contribution in [0.15, 0.2) is 0 Å². The van der Waals surface area contributed by atoms with Gasteiger partial charge in [0.1, 0.15) is 0 Å². The van der Waals surface area contributed by atoms with Crippen LogP contribution in [0.3, 0.4) is 0 Å². The molecule has 0 aromatic heterocycles. The lowest BCUT2D eigenvalue weighted by Gasteiger charge is -2.31. The van der Waals surface area contributed by atoms with E-state index >= 15 is 0 Å². The molecule has 104 valence electrons. The highest BCUT2D eigenvalue weighted by Crippen LogP contribution is 2.26. The predicted molar refractivity (Wildman–Crippen MR) is 74.4 cm³/mol. The van der Waals surface area contributed by atoms with Crippen LogP contribution in [-0.4, -0.2) is 24.0 Å². The molecule has 1 saturated heterocycles. The molecule has 2 fully saturated rings. The van der Waals surface area contributed by atoms with Gasteiger partial charge >= 0.3 is 0 Å². The van der Waals surface area contributed by atoms with Gasteiger partial charge in [0.2, 0.25) is 5.91 Å². The molecule has 1 heterocycles. The van der Waals surface area contributed by atoms with Gasteiger partial charge in [-0.1, -0.05) is 33.1 Å². The van der Waals surface area contributed by atoms with E-state index in [-0.39, 0.29) is 11.4 Å². The van der Waals surface area contributed by atoms with Gasteiger partial charge in [0.15, 0.2) is 0 Å². The Hall–Kier alpha value is -0.570. The monoisotopic (exact) mass is 252 g/mol. The second kappa shape index (κ2) is 6.05. The molecular weight excluding hydrogens is 224 g/mol. The zero-order valence-electron chi connectivity index (χ0n) is 11.9. The zero-order valence-corrected chi connectivity index (χ0v) is 11.9. The van der Waals surface area contributed by atoms with E-state index in [0.717, 1.165) is 32.2 Å². The number of carbonyl (C=O) groups excluding carboxylic acids is 1. The molecule has 3 unspecified atom stereocenters. The first kappa shape index (κ1) is 13.9. The largest absolute Gasteiger partial charge is 0.351 e. The van der Waals surface area contributed by atoms with E-state index in [0.29, 0.717) is 12.0 Å². The number of carbonyl (C=O) groups is 1. The normalized spacial score (nSPS) is 37.2. The summed E-state index contributed by atoms with van der Waals surface area (Å²) in [4.78, 5) is 12.6. The lowest BCUT2D eigenvalue weighted by atomic mass is 9.90. The molecule has 0 aromatic rings. The van der Waals surface area contributed by atoms with Crippen LogP contribution in [0.5, 0.6) is 0 Å². The lowest BCUT2D eigenvalue weighted by molar-refractivity contribution is -0.128.